The van der Waals surface area contributed by atoms with Crippen LogP contribution in [0.2, 0.25) is 0 Å². The van der Waals surface area contributed by atoms with Gasteiger partial charge in [0.25, 0.3) is 0 Å². The van der Waals surface area contributed by atoms with Crippen molar-refractivity contribution in [2.24, 2.45) is 5.73 Å². The number of rotatable bonds is 10. The van der Waals surface area contributed by atoms with E-state index < -0.39 is 17.1 Å². The molecule has 0 radical (unpaired) electrons. The van der Waals surface area contributed by atoms with Gasteiger partial charge in [0.15, 0.2) is 0 Å². The third-order valence-electron chi connectivity index (χ3n) is 6.31. The molecule has 0 aliphatic heterocycles. The van der Waals surface area contributed by atoms with Crippen LogP contribution in [0.25, 0.3) is 10.4 Å². The zero-order chi connectivity index (χ0) is 28.9. The summed E-state index contributed by atoms with van der Waals surface area (Å²) in [6.07, 6.45) is 7.64. The maximum atomic E-state index is 13.0. The summed E-state index contributed by atoms with van der Waals surface area (Å²) in [5.74, 6) is 0.497. The number of carbonyl (C=O) groups excluding carboxylic acids is 2. The van der Waals surface area contributed by atoms with E-state index in [0.717, 1.165) is 21.6 Å². The van der Waals surface area contributed by atoms with E-state index in [4.69, 9.17) is 4.98 Å². The van der Waals surface area contributed by atoms with Crippen LogP contribution in [0.5, 0.6) is 0 Å². The van der Waals surface area contributed by atoms with E-state index in [1.165, 1.54) is 37.1 Å². The Hall–Kier alpha value is -3.08. The number of benzene rings is 2. The summed E-state index contributed by atoms with van der Waals surface area (Å²) in [4.78, 5) is 28.8. The fourth-order valence-corrected chi connectivity index (χ4v) is 6.71. The van der Waals surface area contributed by atoms with Crippen LogP contribution in [0.3, 0.4) is 0 Å². The highest BCUT2D eigenvalue weighted by Gasteiger charge is 2.21. The second-order valence-electron chi connectivity index (χ2n) is 9.92. The molecule has 40 heavy (non-hydrogen) atoms. The van der Waals surface area contributed by atoms with Crippen LogP contribution in [0.4, 0.5) is 4.79 Å². The number of hydrogen-bond acceptors (Lipinski definition) is 6. The summed E-state index contributed by atoms with van der Waals surface area (Å²) >= 11 is 1.72. The predicted molar refractivity (Wildman–Crippen MR) is 161 cm³/mol. The first-order valence-corrected chi connectivity index (χ1v) is 15.7. The van der Waals surface area contributed by atoms with Gasteiger partial charge in [-0.2, -0.15) is 0 Å². The molecule has 1 heterocycles. The number of nitrogens with two attached hydrogens (primary N) is 1. The Kier molecular flexibility index (Phi) is 12.8. The summed E-state index contributed by atoms with van der Waals surface area (Å²) in [5.41, 5.74) is 7.48. The van der Waals surface area contributed by atoms with Gasteiger partial charge in [-0.15, -0.1) is 11.3 Å². The van der Waals surface area contributed by atoms with Crippen molar-refractivity contribution in [2.75, 3.05) is 6.54 Å². The normalized spacial score (nSPS) is 14.2. The molecule has 4 N–H and O–H groups in total. The quantitative estimate of drug-likeness (QED) is 0.276. The summed E-state index contributed by atoms with van der Waals surface area (Å²) in [5, 5.41) is 4.16. The maximum absolute atomic E-state index is 13.0. The van der Waals surface area contributed by atoms with Crippen LogP contribution >= 0.6 is 11.3 Å². The number of hydrogen-bond donors (Lipinski definition) is 3. The molecule has 2 aromatic carbocycles. The van der Waals surface area contributed by atoms with Crippen molar-refractivity contribution < 1.29 is 18.5 Å². The van der Waals surface area contributed by atoms with E-state index in [1.807, 2.05) is 61.7 Å². The van der Waals surface area contributed by atoms with Crippen molar-refractivity contribution in [1.29, 1.82) is 0 Å². The molecule has 1 fully saturated rings. The van der Waals surface area contributed by atoms with E-state index in [0.29, 0.717) is 23.9 Å². The molecule has 0 bridgehead atoms. The largest absolute Gasteiger partial charge is 0.447 e. The Morgan fingerprint density at radius 3 is 2.45 bits per heavy atom. The SMILES string of the molecule is CC(C)OC(N)=O.CCNS(=O)c1cc(CC(=O)NCc2ccccc2)ccc1-c1cnc(C2CCCCC2)s1. The van der Waals surface area contributed by atoms with Crippen molar-refractivity contribution in [3.8, 4) is 10.4 Å². The number of amides is 2. The number of ether oxygens (including phenoxy) is 1. The first-order valence-electron chi connectivity index (χ1n) is 13.8. The summed E-state index contributed by atoms with van der Waals surface area (Å²) in [6.45, 7) is 6.52. The van der Waals surface area contributed by atoms with Crippen LogP contribution in [0.1, 0.15) is 74.9 Å². The number of nitrogens with zero attached hydrogens (tertiary/aromatic N) is 1. The lowest BCUT2D eigenvalue weighted by Crippen LogP contribution is -2.24. The van der Waals surface area contributed by atoms with Gasteiger partial charge in [-0.25, -0.2) is 18.7 Å². The van der Waals surface area contributed by atoms with Gasteiger partial charge in [0.05, 0.1) is 27.3 Å². The van der Waals surface area contributed by atoms with E-state index in [9.17, 15) is 13.8 Å². The monoisotopic (exact) mass is 584 g/mol. The predicted octanol–water partition coefficient (Wildman–Crippen LogP) is 5.84. The Morgan fingerprint density at radius 1 is 1.10 bits per heavy atom. The van der Waals surface area contributed by atoms with Gasteiger partial charge >= 0.3 is 6.09 Å². The Morgan fingerprint density at radius 2 is 1.82 bits per heavy atom. The molecule has 3 aromatic rings. The van der Waals surface area contributed by atoms with Crippen LogP contribution < -0.4 is 15.8 Å². The van der Waals surface area contributed by atoms with E-state index >= 15 is 0 Å². The lowest BCUT2D eigenvalue weighted by molar-refractivity contribution is -0.120. The van der Waals surface area contributed by atoms with Gasteiger partial charge in [0, 0.05) is 30.8 Å². The average Bonchev–Trinajstić information content (AvgIpc) is 3.43. The number of primary amides is 1. The molecule has 2 amide bonds. The zero-order valence-electron chi connectivity index (χ0n) is 23.5. The number of nitrogens with one attached hydrogen (secondary N) is 2. The molecule has 1 aliphatic carbocycles. The van der Waals surface area contributed by atoms with Crippen molar-refractivity contribution >= 4 is 34.3 Å². The summed E-state index contributed by atoms with van der Waals surface area (Å²) < 4.78 is 20.4. The van der Waals surface area contributed by atoms with Crippen LogP contribution in [0.15, 0.2) is 59.6 Å². The van der Waals surface area contributed by atoms with Crippen molar-refractivity contribution in [3.05, 3.63) is 70.9 Å². The molecule has 4 rings (SSSR count). The first-order chi connectivity index (χ1) is 19.3. The summed E-state index contributed by atoms with van der Waals surface area (Å²) in [7, 11) is -1.35. The lowest BCUT2D eigenvalue weighted by Gasteiger charge is -2.18. The minimum absolute atomic E-state index is 0.0517. The van der Waals surface area contributed by atoms with Gasteiger partial charge in [-0.1, -0.05) is 68.7 Å². The number of carbonyl (C=O) groups is 2. The Balaban J connectivity index is 0.000000559. The minimum atomic E-state index is -1.35. The maximum Gasteiger partial charge on any atom is 0.404 e. The van der Waals surface area contributed by atoms with E-state index in [1.54, 1.807) is 25.2 Å². The first kappa shape index (κ1) is 31.4. The molecular formula is C30H40N4O4S2. The molecule has 1 aromatic heterocycles. The molecular weight excluding hydrogens is 544 g/mol. The Bertz CT molecular complexity index is 1260. The van der Waals surface area contributed by atoms with Crippen molar-refractivity contribution in [2.45, 2.75) is 82.8 Å². The van der Waals surface area contributed by atoms with Crippen LogP contribution in [-0.4, -0.2) is 33.8 Å². The molecule has 8 nitrogen and oxygen atoms in total. The highest BCUT2D eigenvalue weighted by molar-refractivity contribution is 7.83. The third-order valence-corrected chi connectivity index (χ3v) is 8.79. The summed E-state index contributed by atoms with van der Waals surface area (Å²) in [6, 6.07) is 15.7. The van der Waals surface area contributed by atoms with E-state index in [-0.39, 0.29) is 18.4 Å². The van der Waals surface area contributed by atoms with Crippen molar-refractivity contribution in [1.82, 2.24) is 15.0 Å². The highest BCUT2D eigenvalue weighted by atomic mass is 32.2. The fourth-order valence-electron chi connectivity index (χ4n) is 4.47. The molecule has 1 aliphatic rings. The molecule has 10 heteroatoms. The van der Waals surface area contributed by atoms with Gasteiger partial charge in [0.2, 0.25) is 5.91 Å². The van der Waals surface area contributed by atoms with Crippen LogP contribution in [-0.2, 0) is 33.5 Å². The Labute approximate surface area is 243 Å². The molecule has 1 saturated carbocycles. The highest BCUT2D eigenvalue weighted by Crippen LogP contribution is 2.39. The topological polar surface area (TPSA) is 123 Å². The van der Waals surface area contributed by atoms with Crippen molar-refractivity contribution in [3.63, 3.8) is 0 Å². The fraction of sp³-hybridized carbons (Fsp3) is 0.433. The van der Waals surface area contributed by atoms with Gasteiger partial charge < -0.3 is 15.8 Å². The average molecular weight is 585 g/mol. The molecule has 0 spiro atoms. The third kappa shape index (κ3) is 10.1. The smallest absolute Gasteiger partial charge is 0.404 e. The van der Waals surface area contributed by atoms with Crippen LogP contribution in [0, 0.1) is 0 Å². The second kappa shape index (κ2) is 16.2. The molecule has 216 valence electrons. The second-order valence-corrected chi connectivity index (χ2v) is 12.2. The van der Waals surface area contributed by atoms with Gasteiger partial charge in [-0.3, -0.25) is 4.79 Å². The number of thiazole rings is 1. The standard InChI is InChI=1S/C26H31N3O2S2.C4H9NO2/c1-2-29-33(31)24-15-20(16-25(30)27-17-19-9-5-3-6-10-19)13-14-22(24)23-18-28-26(32-23)21-11-7-4-8-12-21;1-3(2)7-4(5)6/h3,5-6,9-10,13-15,18,21,29H,2,4,7-8,11-12,16-17H2,1H3,(H,27,30);3H,1-2H3,(H2,5,6). The van der Waals surface area contributed by atoms with Gasteiger partial charge in [-0.05, 0) is 43.9 Å². The van der Waals surface area contributed by atoms with Gasteiger partial charge in [0.1, 0.15) is 11.0 Å². The molecule has 1 unspecified atom stereocenters. The molecule has 0 saturated heterocycles. The lowest BCUT2D eigenvalue weighted by atomic mass is 9.90. The van der Waals surface area contributed by atoms with E-state index in [2.05, 4.69) is 20.5 Å². The minimum Gasteiger partial charge on any atom is -0.447 e. The molecule has 1 atom stereocenters. The zero-order valence-corrected chi connectivity index (χ0v) is 25.1. The number of aromatic nitrogens is 1.